The molecule has 0 aliphatic carbocycles. The molecule has 0 aromatic heterocycles. The molecule has 88 valence electrons. The zero-order chi connectivity index (χ0) is 11.4. The maximum absolute atomic E-state index is 5.88. The van der Waals surface area contributed by atoms with Gasteiger partial charge < -0.3 is 4.74 Å². The van der Waals surface area contributed by atoms with E-state index in [9.17, 15) is 0 Å². The predicted octanol–water partition coefficient (Wildman–Crippen LogP) is 2.94. The Morgan fingerprint density at radius 1 is 1.38 bits per heavy atom. The van der Waals surface area contributed by atoms with Gasteiger partial charge in [0.15, 0.2) is 0 Å². The monoisotopic (exact) mass is 219 g/mol. The summed E-state index contributed by atoms with van der Waals surface area (Å²) in [6.07, 6.45) is 2.93. The van der Waals surface area contributed by atoms with Crippen LogP contribution in [0.1, 0.15) is 26.7 Å². The minimum Gasteiger partial charge on any atom is -0.489 e. The van der Waals surface area contributed by atoms with Crippen LogP contribution in [0.4, 0.5) is 0 Å². The highest BCUT2D eigenvalue weighted by atomic mass is 16.5. The fourth-order valence-corrected chi connectivity index (χ4v) is 2.36. The Balaban J connectivity index is 1.82. The summed E-state index contributed by atoms with van der Waals surface area (Å²) in [6.45, 7) is 6.72. The molecule has 0 saturated carbocycles. The van der Waals surface area contributed by atoms with Crippen molar-refractivity contribution in [3.63, 3.8) is 0 Å². The van der Waals surface area contributed by atoms with E-state index in [1.54, 1.807) is 0 Å². The van der Waals surface area contributed by atoms with Crippen molar-refractivity contribution in [2.75, 3.05) is 13.1 Å². The predicted molar refractivity (Wildman–Crippen MR) is 66.8 cm³/mol. The number of nitrogens with zero attached hydrogens (tertiary/aromatic N) is 1. The van der Waals surface area contributed by atoms with Crippen molar-refractivity contribution in [1.82, 2.24) is 4.90 Å². The molecule has 2 atom stereocenters. The molecule has 0 radical (unpaired) electrons. The normalized spacial score (nSPS) is 23.2. The molecule has 16 heavy (non-hydrogen) atoms. The molecule has 1 aliphatic heterocycles. The zero-order valence-corrected chi connectivity index (χ0v) is 10.2. The molecule has 2 nitrogen and oxygen atoms in total. The van der Waals surface area contributed by atoms with Gasteiger partial charge in [-0.15, -0.1) is 0 Å². The molecule has 1 aromatic carbocycles. The molecule has 0 bridgehead atoms. The molecular weight excluding hydrogens is 198 g/mol. The van der Waals surface area contributed by atoms with E-state index in [0.29, 0.717) is 0 Å². The Hall–Kier alpha value is -1.02. The Morgan fingerprint density at radius 2 is 2.12 bits per heavy atom. The largest absolute Gasteiger partial charge is 0.489 e. The zero-order valence-electron chi connectivity index (χ0n) is 10.2. The van der Waals surface area contributed by atoms with Gasteiger partial charge in [0.2, 0.25) is 0 Å². The molecule has 1 saturated heterocycles. The lowest BCUT2D eigenvalue weighted by molar-refractivity contribution is 0.142. The van der Waals surface area contributed by atoms with Gasteiger partial charge in [0, 0.05) is 12.6 Å². The van der Waals surface area contributed by atoms with Crippen molar-refractivity contribution in [3.8, 4) is 5.75 Å². The number of para-hydroxylation sites is 1. The maximum Gasteiger partial charge on any atom is 0.119 e. The van der Waals surface area contributed by atoms with Gasteiger partial charge >= 0.3 is 0 Å². The maximum atomic E-state index is 5.88. The fourth-order valence-electron chi connectivity index (χ4n) is 2.36. The number of hydrogen-bond acceptors (Lipinski definition) is 2. The summed E-state index contributed by atoms with van der Waals surface area (Å²) in [6, 6.07) is 10.8. The van der Waals surface area contributed by atoms with E-state index in [0.717, 1.165) is 18.3 Å². The minimum absolute atomic E-state index is 0.267. The van der Waals surface area contributed by atoms with Crippen molar-refractivity contribution in [3.05, 3.63) is 30.3 Å². The second-order valence-electron chi connectivity index (χ2n) is 4.73. The van der Waals surface area contributed by atoms with Gasteiger partial charge in [-0.2, -0.15) is 0 Å². The molecule has 1 aliphatic rings. The van der Waals surface area contributed by atoms with Gasteiger partial charge in [-0.1, -0.05) is 18.2 Å². The Kier molecular flexibility index (Phi) is 3.83. The molecular formula is C14H21NO. The highest BCUT2D eigenvalue weighted by Gasteiger charge is 2.22. The molecule has 0 amide bonds. The molecule has 2 rings (SSSR count). The molecule has 0 spiro atoms. The first-order chi connectivity index (χ1) is 7.75. The van der Waals surface area contributed by atoms with Crippen molar-refractivity contribution in [1.29, 1.82) is 0 Å². The van der Waals surface area contributed by atoms with Crippen molar-refractivity contribution >= 4 is 0 Å². The smallest absolute Gasteiger partial charge is 0.119 e. The summed E-state index contributed by atoms with van der Waals surface area (Å²) in [4.78, 5) is 2.52. The van der Waals surface area contributed by atoms with Crippen molar-refractivity contribution in [2.45, 2.75) is 38.8 Å². The summed E-state index contributed by atoms with van der Waals surface area (Å²) in [7, 11) is 0. The van der Waals surface area contributed by atoms with E-state index in [1.165, 1.54) is 19.4 Å². The highest BCUT2D eigenvalue weighted by Crippen LogP contribution is 2.18. The standard InChI is InChI=1S/C14H21NO/c1-12-7-6-10-15(12)11-13(2)16-14-8-4-3-5-9-14/h3-5,8-9,12-13H,6-7,10-11H2,1-2H3/t12?,13-/m1/s1. The highest BCUT2D eigenvalue weighted by molar-refractivity contribution is 5.21. The molecule has 0 N–H and O–H groups in total. The number of rotatable bonds is 4. The second-order valence-corrected chi connectivity index (χ2v) is 4.73. The van der Waals surface area contributed by atoms with E-state index in [2.05, 4.69) is 18.7 Å². The average Bonchev–Trinajstić information content (AvgIpc) is 2.66. The van der Waals surface area contributed by atoms with Gasteiger partial charge in [0.05, 0.1) is 0 Å². The van der Waals surface area contributed by atoms with Crippen molar-refractivity contribution < 1.29 is 4.74 Å². The number of benzene rings is 1. The Labute approximate surface area is 98.2 Å². The van der Waals surface area contributed by atoms with E-state index >= 15 is 0 Å². The summed E-state index contributed by atoms with van der Waals surface area (Å²) < 4.78 is 5.88. The SMILES string of the molecule is CC1CCCN1C[C@@H](C)Oc1ccccc1. The van der Waals surface area contributed by atoms with E-state index < -0.39 is 0 Å². The second kappa shape index (κ2) is 5.35. The number of ether oxygens (including phenoxy) is 1. The first-order valence-corrected chi connectivity index (χ1v) is 6.21. The summed E-state index contributed by atoms with van der Waals surface area (Å²) in [5.74, 6) is 0.974. The Bertz CT molecular complexity index is 312. The molecule has 1 heterocycles. The Morgan fingerprint density at radius 3 is 2.75 bits per heavy atom. The van der Waals surface area contributed by atoms with Crippen molar-refractivity contribution in [2.24, 2.45) is 0 Å². The lowest BCUT2D eigenvalue weighted by Gasteiger charge is -2.25. The first kappa shape index (κ1) is 11.5. The van der Waals surface area contributed by atoms with Crippen LogP contribution in [-0.2, 0) is 0 Å². The van der Waals surface area contributed by atoms with Gasteiger partial charge in [0.25, 0.3) is 0 Å². The molecule has 1 aromatic rings. The van der Waals surface area contributed by atoms with E-state index in [-0.39, 0.29) is 6.10 Å². The fraction of sp³-hybridized carbons (Fsp3) is 0.571. The quantitative estimate of drug-likeness (QED) is 0.772. The van der Waals surface area contributed by atoms with Crippen LogP contribution in [0.3, 0.4) is 0 Å². The van der Waals surface area contributed by atoms with Gasteiger partial charge in [-0.25, -0.2) is 0 Å². The van der Waals surface area contributed by atoms with Gasteiger partial charge in [-0.05, 0) is 45.4 Å². The van der Waals surface area contributed by atoms with Crippen LogP contribution in [0.5, 0.6) is 5.75 Å². The lowest BCUT2D eigenvalue weighted by Crippen LogP contribution is -2.35. The first-order valence-electron chi connectivity index (χ1n) is 6.21. The third kappa shape index (κ3) is 2.99. The van der Waals surface area contributed by atoms with E-state index in [4.69, 9.17) is 4.74 Å². The molecule has 1 fully saturated rings. The van der Waals surface area contributed by atoms with Crippen LogP contribution in [0.15, 0.2) is 30.3 Å². The molecule has 2 heteroatoms. The van der Waals surface area contributed by atoms with Gasteiger partial charge in [-0.3, -0.25) is 4.90 Å². The van der Waals surface area contributed by atoms with Crippen LogP contribution < -0.4 is 4.74 Å². The van der Waals surface area contributed by atoms with Crippen LogP contribution in [-0.4, -0.2) is 30.1 Å². The third-order valence-electron chi connectivity index (χ3n) is 3.26. The third-order valence-corrected chi connectivity index (χ3v) is 3.26. The molecule has 1 unspecified atom stereocenters. The van der Waals surface area contributed by atoms with Crippen LogP contribution >= 0.6 is 0 Å². The number of likely N-dealkylation sites (tertiary alicyclic amines) is 1. The van der Waals surface area contributed by atoms with Crippen LogP contribution in [0.25, 0.3) is 0 Å². The summed E-state index contributed by atoms with van der Waals surface area (Å²) >= 11 is 0. The average molecular weight is 219 g/mol. The summed E-state index contributed by atoms with van der Waals surface area (Å²) in [5.41, 5.74) is 0. The van der Waals surface area contributed by atoms with Crippen LogP contribution in [0, 0.1) is 0 Å². The van der Waals surface area contributed by atoms with Gasteiger partial charge in [0.1, 0.15) is 11.9 Å². The lowest BCUT2D eigenvalue weighted by atomic mass is 10.2. The van der Waals surface area contributed by atoms with E-state index in [1.807, 2.05) is 30.3 Å². The minimum atomic E-state index is 0.267. The topological polar surface area (TPSA) is 12.5 Å². The van der Waals surface area contributed by atoms with Crippen LogP contribution in [0.2, 0.25) is 0 Å². The summed E-state index contributed by atoms with van der Waals surface area (Å²) in [5, 5.41) is 0. The number of hydrogen-bond donors (Lipinski definition) is 0.